The number of benzene rings is 1. The summed E-state index contributed by atoms with van der Waals surface area (Å²) in [6, 6.07) is 6.53. The maximum Gasteiger partial charge on any atom is 0.176 e. The standard InChI is InChI=1S/C32H50N4O4/c1-6-8-9-26-13-14-27(40-26)12-10-24-11-15-31(38)32(16-24)39-21-30(34-7-2)28-17-25(19-36-28)23(4)29(20-33-5)35-18-22(3)37/h11,13-17,19,22-23,26,29-30,33-35,37-38H,6-10,12,18,20-21H2,1-5H3/t22-,23-,26?,29-,30-/m0/s1. The molecule has 222 valence electrons. The predicted octanol–water partition coefficient (Wildman–Crippen LogP) is 4.10. The molecule has 0 spiro atoms. The lowest BCUT2D eigenvalue weighted by Gasteiger charge is -2.23. The van der Waals surface area contributed by atoms with Crippen LogP contribution in [0.3, 0.4) is 0 Å². The first kappa shape index (κ1) is 31.9. The van der Waals surface area contributed by atoms with Gasteiger partial charge in [0.05, 0.1) is 18.1 Å². The molecule has 0 bridgehead atoms. The van der Waals surface area contributed by atoms with Crippen molar-refractivity contribution in [3.63, 3.8) is 0 Å². The average Bonchev–Trinajstić information content (AvgIpc) is 3.62. The van der Waals surface area contributed by atoms with Crippen LogP contribution in [0.1, 0.15) is 58.9 Å². The third kappa shape index (κ3) is 9.77. The van der Waals surface area contributed by atoms with Gasteiger partial charge >= 0.3 is 0 Å². The van der Waals surface area contributed by atoms with Gasteiger partial charge in [0.25, 0.3) is 0 Å². The highest BCUT2D eigenvalue weighted by Crippen LogP contribution is 2.31. The maximum atomic E-state index is 10.5. The molecule has 5 N–H and O–H groups in total. The number of ether oxygens (including phenoxy) is 2. The molecule has 0 aromatic heterocycles. The van der Waals surface area contributed by atoms with Crippen molar-refractivity contribution in [2.75, 3.05) is 33.3 Å². The molecule has 0 amide bonds. The Morgan fingerprint density at radius 3 is 2.73 bits per heavy atom. The lowest BCUT2D eigenvalue weighted by Crippen LogP contribution is -2.45. The van der Waals surface area contributed by atoms with E-state index in [1.807, 2.05) is 25.4 Å². The Labute approximate surface area is 241 Å². The molecular weight excluding hydrogens is 504 g/mol. The molecular formula is C32H50N4O4. The summed E-state index contributed by atoms with van der Waals surface area (Å²) in [5.41, 5.74) is 2.23. The number of phenols is 1. The molecule has 0 saturated heterocycles. The molecule has 40 heavy (non-hydrogen) atoms. The van der Waals surface area contributed by atoms with E-state index in [4.69, 9.17) is 14.5 Å². The smallest absolute Gasteiger partial charge is 0.176 e. The molecule has 1 unspecified atom stereocenters. The number of aryl methyl sites for hydroxylation is 1. The zero-order valence-electron chi connectivity index (χ0n) is 25.0. The van der Waals surface area contributed by atoms with Crippen LogP contribution in [0, 0.1) is 18.4 Å². The van der Waals surface area contributed by atoms with Gasteiger partial charge in [0, 0.05) is 25.2 Å². The van der Waals surface area contributed by atoms with Crippen LogP contribution in [-0.2, 0) is 11.2 Å². The van der Waals surface area contributed by atoms with Crippen LogP contribution in [-0.4, -0.2) is 74.0 Å². The van der Waals surface area contributed by atoms with Crippen molar-refractivity contribution in [3.8, 4) is 11.5 Å². The van der Waals surface area contributed by atoms with Crippen molar-refractivity contribution in [1.29, 1.82) is 0 Å². The number of nitrogens with zero attached hydrogens (tertiary/aromatic N) is 1. The van der Waals surface area contributed by atoms with E-state index >= 15 is 0 Å². The van der Waals surface area contributed by atoms with E-state index in [-0.39, 0.29) is 29.9 Å². The van der Waals surface area contributed by atoms with Crippen molar-refractivity contribution in [3.05, 3.63) is 59.7 Å². The van der Waals surface area contributed by atoms with Gasteiger partial charge in [0.1, 0.15) is 18.2 Å². The fourth-order valence-electron chi connectivity index (χ4n) is 4.99. The zero-order chi connectivity index (χ0) is 28.9. The summed E-state index contributed by atoms with van der Waals surface area (Å²) in [5.74, 6) is 1.84. The lowest BCUT2D eigenvalue weighted by molar-refractivity contribution is 0.147. The summed E-state index contributed by atoms with van der Waals surface area (Å²) in [5, 5.41) is 30.4. The molecule has 2 heterocycles. The molecule has 2 aliphatic heterocycles. The highest BCUT2D eigenvalue weighted by molar-refractivity contribution is 5.84. The van der Waals surface area contributed by atoms with E-state index in [2.05, 4.69) is 55.3 Å². The summed E-state index contributed by atoms with van der Waals surface area (Å²) in [6.45, 7) is 10.7. The Hall–Kier alpha value is -2.65. The molecule has 1 aromatic rings. The number of hydrogen-bond donors (Lipinski definition) is 5. The minimum Gasteiger partial charge on any atom is -0.592 e. The Bertz CT molecular complexity index is 993. The van der Waals surface area contributed by atoms with Gasteiger partial charge in [0.15, 0.2) is 23.8 Å². The van der Waals surface area contributed by atoms with Crippen molar-refractivity contribution < 1.29 is 19.7 Å². The van der Waals surface area contributed by atoms with Crippen LogP contribution >= 0.6 is 0 Å². The van der Waals surface area contributed by atoms with Gasteiger partial charge in [-0.15, -0.1) is 4.99 Å². The Kier molecular flexibility index (Phi) is 13.2. The van der Waals surface area contributed by atoms with Gasteiger partial charge in [-0.05, 0) is 58.0 Å². The number of likely N-dealkylation sites (N-methyl/N-ethyl adjacent to an activating group) is 2. The molecule has 2 aliphatic rings. The van der Waals surface area contributed by atoms with Crippen molar-refractivity contribution >= 4 is 6.21 Å². The number of rotatable bonds is 19. The number of aliphatic imine (C=N–C) groups is 1. The van der Waals surface area contributed by atoms with Gasteiger partial charge in [-0.2, -0.15) is 12.5 Å². The van der Waals surface area contributed by atoms with E-state index < -0.39 is 6.10 Å². The molecule has 5 atom stereocenters. The highest BCUT2D eigenvalue weighted by atomic mass is 16.5. The maximum absolute atomic E-state index is 10.5. The topological polar surface area (TPSA) is 107 Å². The fourth-order valence-corrected chi connectivity index (χ4v) is 4.99. The SMILES string of the molecule is CCCCC1[CH-]C=C(CCc2ccc(O)c(OC[C@H](NCC)[C+]3C=C([C@H](C)[C@H](CNC)NC[C@H](C)O)C=N3)c2)O1. The van der Waals surface area contributed by atoms with Crippen LogP contribution in [0.2, 0.25) is 0 Å². The van der Waals surface area contributed by atoms with Gasteiger partial charge in [0.2, 0.25) is 0 Å². The normalized spacial score (nSPS) is 19.4. The Balaban J connectivity index is 1.57. The molecule has 8 nitrogen and oxygen atoms in total. The van der Waals surface area contributed by atoms with E-state index in [1.165, 1.54) is 12.8 Å². The average molecular weight is 555 g/mol. The van der Waals surface area contributed by atoms with Crippen LogP contribution in [0.4, 0.5) is 0 Å². The van der Waals surface area contributed by atoms with Crippen molar-refractivity contribution in [1.82, 2.24) is 16.0 Å². The third-order valence-corrected chi connectivity index (χ3v) is 7.45. The van der Waals surface area contributed by atoms with Gasteiger partial charge in [-0.1, -0.05) is 44.9 Å². The first-order chi connectivity index (χ1) is 19.3. The summed E-state index contributed by atoms with van der Waals surface area (Å²) >= 11 is 0. The summed E-state index contributed by atoms with van der Waals surface area (Å²) in [7, 11) is 1.93. The number of phenolic OH excluding ortho intramolecular Hbond substituents is 1. The highest BCUT2D eigenvalue weighted by Gasteiger charge is 2.35. The lowest BCUT2D eigenvalue weighted by atomic mass is 9.92. The number of allylic oxidation sites excluding steroid dienone is 1. The molecule has 0 radical (unpaired) electrons. The minimum atomic E-state index is -0.403. The van der Waals surface area contributed by atoms with Gasteiger partial charge < -0.3 is 30.3 Å². The summed E-state index contributed by atoms with van der Waals surface area (Å²) in [4.78, 5) is 4.72. The first-order valence-corrected chi connectivity index (χ1v) is 14.9. The predicted molar refractivity (Wildman–Crippen MR) is 163 cm³/mol. The van der Waals surface area contributed by atoms with Crippen LogP contribution in [0.5, 0.6) is 11.5 Å². The number of hydrogen-bond acceptors (Lipinski definition) is 8. The van der Waals surface area contributed by atoms with E-state index in [9.17, 15) is 10.2 Å². The Morgan fingerprint density at radius 1 is 1.18 bits per heavy atom. The number of aliphatic hydroxyl groups excluding tert-OH is 1. The largest absolute Gasteiger partial charge is 0.592 e. The molecule has 0 aliphatic carbocycles. The van der Waals surface area contributed by atoms with E-state index in [0.717, 1.165) is 55.3 Å². The number of nitrogens with one attached hydrogen (secondary N) is 3. The fraction of sp³-hybridized carbons (Fsp3) is 0.594. The summed E-state index contributed by atoms with van der Waals surface area (Å²) < 4.78 is 12.2. The summed E-state index contributed by atoms with van der Waals surface area (Å²) in [6.07, 6.45) is 13.2. The second-order valence-electron chi connectivity index (χ2n) is 10.9. The number of unbranched alkanes of at least 4 members (excludes halogenated alkanes) is 1. The first-order valence-electron chi connectivity index (χ1n) is 14.9. The second kappa shape index (κ2) is 16.6. The quantitative estimate of drug-likeness (QED) is 0.164. The van der Waals surface area contributed by atoms with Gasteiger partial charge in [-0.3, -0.25) is 5.32 Å². The number of aliphatic hydroxyl groups is 1. The van der Waals surface area contributed by atoms with Gasteiger partial charge in [-0.25, -0.2) is 0 Å². The van der Waals surface area contributed by atoms with Crippen molar-refractivity contribution in [2.24, 2.45) is 10.9 Å². The van der Waals surface area contributed by atoms with Crippen LogP contribution < -0.4 is 20.7 Å². The second-order valence-corrected chi connectivity index (χ2v) is 10.9. The van der Waals surface area contributed by atoms with Crippen molar-refractivity contribution in [2.45, 2.75) is 84.1 Å². The van der Waals surface area contributed by atoms with E-state index in [1.54, 1.807) is 13.0 Å². The van der Waals surface area contributed by atoms with E-state index in [0.29, 0.717) is 18.9 Å². The molecule has 3 rings (SSSR count). The third-order valence-electron chi connectivity index (χ3n) is 7.45. The monoisotopic (exact) mass is 554 g/mol. The number of aromatic hydroxyl groups is 1. The molecule has 0 fully saturated rings. The minimum absolute atomic E-state index is 0.116. The molecule has 0 saturated carbocycles. The van der Waals surface area contributed by atoms with Crippen LogP contribution in [0.25, 0.3) is 0 Å². The molecule has 1 aromatic carbocycles. The van der Waals surface area contributed by atoms with Crippen LogP contribution in [0.15, 0.2) is 46.7 Å². The Morgan fingerprint density at radius 2 is 2.00 bits per heavy atom. The zero-order valence-corrected chi connectivity index (χ0v) is 25.0. The molecule has 8 heteroatoms.